The Balaban J connectivity index is 2.29. The standard InChI is InChI=1S/C9H18N2O4S/c1-9(2,3)15-8(12)11-10-7-4-5-16(13,14)6-7/h7,10H,4-6H2,1-3H3,(H,11,12). The van der Waals surface area contributed by atoms with Crippen molar-refractivity contribution in [3.63, 3.8) is 0 Å². The maximum Gasteiger partial charge on any atom is 0.422 e. The van der Waals surface area contributed by atoms with Crippen LogP contribution in [0.1, 0.15) is 27.2 Å². The van der Waals surface area contributed by atoms with Gasteiger partial charge in [-0.15, -0.1) is 0 Å². The van der Waals surface area contributed by atoms with Gasteiger partial charge in [-0.25, -0.2) is 18.6 Å². The average molecular weight is 250 g/mol. The summed E-state index contributed by atoms with van der Waals surface area (Å²) in [7, 11) is -2.93. The SMILES string of the molecule is CC(C)(C)OC(=O)NNC1CCS(=O)(=O)C1. The number of carbonyl (C=O) groups excluding carboxylic acids is 1. The summed E-state index contributed by atoms with van der Waals surface area (Å²) in [5, 5.41) is 0. The Labute approximate surface area is 95.6 Å². The summed E-state index contributed by atoms with van der Waals surface area (Å²) in [5.74, 6) is 0.226. The molecule has 1 fully saturated rings. The molecule has 1 heterocycles. The van der Waals surface area contributed by atoms with Gasteiger partial charge >= 0.3 is 6.09 Å². The van der Waals surface area contributed by atoms with Gasteiger partial charge in [0, 0.05) is 6.04 Å². The van der Waals surface area contributed by atoms with Crippen LogP contribution in [0.4, 0.5) is 4.79 Å². The van der Waals surface area contributed by atoms with E-state index in [2.05, 4.69) is 10.9 Å². The highest BCUT2D eigenvalue weighted by Gasteiger charge is 2.28. The van der Waals surface area contributed by atoms with Gasteiger partial charge in [0.05, 0.1) is 11.5 Å². The molecule has 2 N–H and O–H groups in total. The zero-order valence-electron chi connectivity index (χ0n) is 9.74. The second-order valence-corrected chi connectivity index (χ2v) is 7.10. The molecule has 1 atom stereocenters. The van der Waals surface area contributed by atoms with Gasteiger partial charge in [-0.05, 0) is 27.2 Å². The third-order valence-corrected chi connectivity index (χ3v) is 3.78. The Morgan fingerprint density at radius 2 is 2.00 bits per heavy atom. The summed E-state index contributed by atoms with van der Waals surface area (Å²) in [6.45, 7) is 5.27. The molecular weight excluding hydrogens is 232 g/mol. The van der Waals surface area contributed by atoms with Crippen LogP contribution in [-0.2, 0) is 14.6 Å². The highest BCUT2D eigenvalue weighted by molar-refractivity contribution is 7.91. The molecule has 1 saturated heterocycles. The minimum atomic E-state index is -2.93. The summed E-state index contributed by atoms with van der Waals surface area (Å²) in [6, 6.07) is -0.225. The normalized spacial score (nSPS) is 24.1. The predicted molar refractivity (Wildman–Crippen MR) is 59.6 cm³/mol. The molecular formula is C9H18N2O4S. The first-order chi connectivity index (χ1) is 7.18. The molecule has 1 aliphatic heterocycles. The Morgan fingerprint density at radius 3 is 2.44 bits per heavy atom. The lowest BCUT2D eigenvalue weighted by Crippen LogP contribution is -2.46. The maximum absolute atomic E-state index is 11.2. The smallest absolute Gasteiger partial charge is 0.422 e. The molecule has 0 aromatic carbocycles. The number of amides is 1. The van der Waals surface area contributed by atoms with E-state index in [1.165, 1.54) is 0 Å². The molecule has 0 aromatic rings. The van der Waals surface area contributed by atoms with Crippen molar-refractivity contribution in [2.75, 3.05) is 11.5 Å². The fraction of sp³-hybridized carbons (Fsp3) is 0.889. The van der Waals surface area contributed by atoms with E-state index in [0.29, 0.717) is 6.42 Å². The molecule has 1 aliphatic rings. The van der Waals surface area contributed by atoms with E-state index in [1.807, 2.05) is 0 Å². The lowest BCUT2D eigenvalue weighted by atomic mass is 10.2. The fourth-order valence-corrected chi connectivity index (χ4v) is 3.05. The highest BCUT2D eigenvalue weighted by atomic mass is 32.2. The lowest BCUT2D eigenvalue weighted by Gasteiger charge is -2.20. The van der Waals surface area contributed by atoms with Crippen molar-refractivity contribution in [2.45, 2.75) is 38.8 Å². The van der Waals surface area contributed by atoms with E-state index in [0.717, 1.165) is 0 Å². The molecule has 6 nitrogen and oxygen atoms in total. The minimum absolute atomic E-state index is 0.0583. The van der Waals surface area contributed by atoms with Crippen molar-refractivity contribution in [1.82, 2.24) is 10.9 Å². The van der Waals surface area contributed by atoms with Crippen LogP contribution in [0.2, 0.25) is 0 Å². The van der Waals surface area contributed by atoms with E-state index in [4.69, 9.17) is 4.74 Å². The number of nitrogens with one attached hydrogen (secondary N) is 2. The van der Waals surface area contributed by atoms with E-state index in [9.17, 15) is 13.2 Å². The number of rotatable bonds is 2. The molecule has 94 valence electrons. The van der Waals surface area contributed by atoms with E-state index >= 15 is 0 Å². The summed E-state index contributed by atoms with van der Waals surface area (Å²) in [5.41, 5.74) is 4.44. The number of hydrazine groups is 1. The summed E-state index contributed by atoms with van der Waals surface area (Å²) >= 11 is 0. The van der Waals surface area contributed by atoms with Crippen LogP contribution in [0.25, 0.3) is 0 Å². The van der Waals surface area contributed by atoms with Gasteiger partial charge in [-0.1, -0.05) is 0 Å². The van der Waals surface area contributed by atoms with Crippen LogP contribution >= 0.6 is 0 Å². The Hall–Kier alpha value is -0.820. The Morgan fingerprint density at radius 1 is 1.38 bits per heavy atom. The first kappa shape index (κ1) is 13.2. The topological polar surface area (TPSA) is 84.5 Å². The lowest BCUT2D eigenvalue weighted by molar-refractivity contribution is 0.0490. The average Bonchev–Trinajstić information content (AvgIpc) is 2.39. The number of ether oxygens (including phenoxy) is 1. The predicted octanol–water partition coefficient (Wildman–Crippen LogP) is 0.203. The minimum Gasteiger partial charge on any atom is -0.443 e. The van der Waals surface area contributed by atoms with E-state index in [-0.39, 0.29) is 17.5 Å². The number of sulfone groups is 1. The third kappa shape index (κ3) is 4.80. The number of hydrogen-bond acceptors (Lipinski definition) is 5. The molecule has 0 aromatic heterocycles. The molecule has 0 saturated carbocycles. The van der Waals surface area contributed by atoms with Crippen molar-refractivity contribution in [1.29, 1.82) is 0 Å². The van der Waals surface area contributed by atoms with Crippen LogP contribution in [-0.4, -0.2) is 37.7 Å². The number of hydrogen-bond donors (Lipinski definition) is 2. The van der Waals surface area contributed by atoms with Gasteiger partial charge in [0.15, 0.2) is 9.84 Å². The monoisotopic (exact) mass is 250 g/mol. The molecule has 0 bridgehead atoms. The van der Waals surface area contributed by atoms with Crippen molar-refractivity contribution in [3.8, 4) is 0 Å². The van der Waals surface area contributed by atoms with Gasteiger partial charge in [0.2, 0.25) is 0 Å². The Kier molecular flexibility index (Phi) is 3.80. The summed E-state index contributed by atoms with van der Waals surface area (Å²) in [4.78, 5) is 11.2. The molecule has 1 unspecified atom stereocenters. The van der Waals surface area contributed by atoms with Gasteiger partial charge in [0.25, 0.3) is 0 Å². The second-order valence-electron chi connectivity index (χ2n) is 4.87. The zero-order chi connectivity index (χ0) is 12.4. The molecule has 0 aliphatic carbocycles. The van der Waals surface area contributed by atoms with Crippen LogP contribution in [0.5, 0.6) is 0 Å². The van der Waals surface area contributed by atoms with E-state index < -0.39 is 21.5 Å². The van der Waals surface area contributed by atoms with Crippen LogP contribution in [0.15, 0.2) is 0 Å². The molecule has 0 spiro atoms. The number of carbonyl (C=O) groups is 1. The zero-order valence-corrected chi connectivity index (χ0v) is 10.6. The molecule has 0 radical (unpaired) electrons. The second kappa shape index (κ2) is 4.58. The van der Waals surface area contributed by atoms with Crippen LogP contribution in [0, 0.1) is 0 Å². The van der Waals surface area contributed by atoms with Crippen molar-refractivity contribution < 1.29 is 17.9 Å². The highest BCUT2D eigenvalue weighted by Crippen LogP contribution is 2.10. The van der Waals surface area contributed by atoms with Gasteiger partial charge in [-0.3, -0.25) is 5.43 Å². The summed E-state index contributed by atoms with van der Waals surface area (Å²) in [6.07, 6.45) is -0.0882. The Bertz CT molecular complexity index is 358. The van der Waals surface area contributed by atoms with Crippen LogP contribution < -0.4 is 10.9 Å². The summed E-state index contributed by atoms with van der Waals surface area (Å²) < 4.78 is 27.2. The third-order valence-electron chi connectivity index (χ3n) is 2.01. The van der Waals surface area contributed by atoms with Gasteiger partial charge in [0.1, 0.15) is 5.60 Å². The van der Waals surface area contributed by atoms with Crippen LogP contribution in [0.3, 0.4) is 0 Å². The van der Waals surface area contributed by atoms with Crippen molar-refractivity contribution in [2.24, 2.45) is 0 Å². The first-order valence-electron chi connectivity index (χ1n) is 5.13. The van der Waals surface area contributed by atoms with Gasteiger partial charge in [-0.2, -0.15) is 0 Å². The molecule has 7 heteroatoms. The van der Waals surface area contributed by atoms with Crippen molar-refractivity contribution in [3.05, 3.63) is 0 Å². The van der Waals surface area contributed by atoms with Crippen molar-refractivity contribution >= 4 is 15.9 Å². The first-order valence-corrected chi connectivity index (χ1v) is 6.95. The molecule has 1 amide bonds. The quantitative estimate of drug-likeness (QED) is 0.684. The van der Waals surface area contributed by atoms with E-state index in [1.54, 1.807) is 20.8 Å². The van der Waals surface area contributed by atoms with Gasteiger partial charge < -0.3 is 4.74 Å². The maximum atomic E-state index is 11.2. The molecule has 1 rings (SSSR count). The largest absolute Gasteiger partial charge is 0.443 e. The molecule has 16 heavy (non-hydrogen) atoms. The fourth-order valence-electron chi connectivity index (χ4n) is 1.37.